The van der Waals surface area contributed by atoms with Gasteiger partial charge in [-0.25, -0.2) is 0 Å². The van der Waals surface area contributed by atoms with E-state index in [2.05, 4.69) is 19.2 Å². The number of benzene rings is 1. The van der Waals surface area contributed by atoms with Gasteiger partial charge in [-0.2, -0.15) is 0 Å². The fourth-order valence-electron chi connectivity index (χ4n) is 1.81. The van der Waals surface area contributed by atoms with Crippen molar-refractivity contribution >= 4 is 5.91 Å². The van der Waals surface area contributed by atoms with Gasteiger partial charge < -0.3 is 15.2 Å². The SMILES string of the molecule is CC(CCO)NC(=O)COc1ccccc1C(C)C. The molecule has 0 aliphatic rings. The lowest BCUT2D eigenvalue weighted by atomic mass is 10.0. The summed E-state index contributed by atoms with van der Waals surface area (Å²) in [5, 5.41) is 11.5. The van der Waals surface area contributed by atoms with E-state index < -0.39 is 0 Å². The monoisotopic (exact) mass is 265 g/mol. The zero-order valence-electron chi connectivity index (χ0n) is 11.8. The van der Waals surface area contributed by atoms with Crippen LogP contribution in [0, 0.1) is 0 Å². The van der Waals surface area contributed by atoms with Gasteiger partial charge in [-0.3, -0.25) is 4.79 Å². The Kier molecular flexibility index (Phi) is 6.36. The van der Waals surface area contributed by atoms with Crippen LogP contribution in [-0.2, 0) is 4.79 Å². The Hall–Kier alpha value is -1.55. The van der Waals surface area contributed by atoms with Gasteiger partial charge in [0.25, 0.3) is 5.91 Å². The third-order valence-corrected chi connectivity index (χ3v) is 2.87. The van der Waals surface area contributed by atoms with Crippen LogP contribution >= 0.6 is 0 Å². The highest BCUT2D eigenvalue weighted by molar-refractivity contribution is 5.77. The van der Waals surface area contributed by atoms with Crippen LogP contribution in [0.3, 0.4) is 0 Å². The molecule has 0 aromatic heterocycles. The molecule has 1 atom stereocenters. The Balaban J connectivity index is 2.50. The zero-order chi connectivity index (χ0) is 14.3. The van der Waals surface area contributed by atoms with Gasteiger partial charge in [0.2, 0.25) is 0 Å². The van der Waals surface area contributed by atoms with Crippen molar-refractivity contribution in [2.45, 2.75) is 39.2 Å². The van der Waals surface area contributed by atoms with E-state index in [1.807, 2.05) is 31.2 Å². The van der Waals surface area contributed by atoms with Crippen LogP contribution in [0.4, 0.5) is 0 Å². The lowest BCUT2D eigenvalue weighted by molar-refractivity contribution is -0.123. The number of para-hydroxylation sites is 1. The molecule has 2 N–H and O–H groups in total. The summed E-state index contributed by atoms with van der Waals surface area (Å²) in [5.74, 6) is 0.939. The van der Waals surface area contributed by atoms with Crippen molar-refractivity contribution in [2.75, 3.05) is 13.2 Å². The number of hydrogen-bond donors (Lipinski definition) is 2. The number of amides is 1. The van der Waals surface area contributed by atoms with Gasteiger partial charge >= 0.3 is 0 Å². The highest BCUT2D eigenvalue weighted by Crippen LogP contribution is 2.25. The Morgan fingerprint density at radius 1 is 1.32 bits per heavy atom. The molecule has 4 nitrogen and oxygen atoms in total. The maximum Gasteiger partial charge on any atom is 0.258 e. The third-order valence-electron chi connectivity index (χ3n) is 2.87. The normalized spacial score (nSPS) is 12.3. The highest BCUT2D eigenvalue weighted by Gasteiger charge is 2.10. The van der Waals surface area contributed by atoms with Crippen LogP contribution in [0.2, 0.25) is 0 Å². The van der Waals surface area contributed by atoms with Crippen LogP contribution in [0.15, 0.2) is 24.3 Å². The van der Waals surface area contributed by atoms with Crippen molar-refractivity contribution < 1.29 is 14.6 Å². The average molecular weight is 265 g/mol. The van der Waals surface area contributed by atoms with Gasteiger partial charge in [0, 0.05) is 12.6 Å². The summed E-state index contributed by atoms with van der Waals surface area (Å²) in [4.78, 5) is 11.7. The van der Waals surface area contributed by atoms with E-state index in [-0.39, 0.29) is 25.2 Å². The smallest absolute Gasteiger partial charge is 0.258 e. The minimum absolute atomic E-state index is 0.000494. The molecule has 106 valence electrons. The van der Waals surface area contributed by atoms with Gasteiger partial charge in [0.05, 0.1) is 0 Å². The molecule has 19 heavy (non-hydrogen) atoms. The molecule has 4 heteroatoms. The molecule has 1 aromatic rings. The van der Waals surface area contributed by atoms with Gasteiger partial charge in [0.15, 0.2) is 6.61 Å². The standard InChI is InChI=1S/C15H23NO3/c1-11(2)13-6-4-5-7-14(13)19-10-15(18)16-12(3)8-9-17/h4-7,11-12,17H,8-10H2,1-3H3,(H,16,18). The van der Waals surface area contributed by atoms with E-state index in [1.54, 1.807) is 0 Å². The summed E-state index contributed by atoms with van der Waals surface area (Å²) in [6, 6.07) is 7.70. The van der Waals surface area contributed by atoms with E-state index in [4.69, 9.17) is 9.84 Å². The topological polar surface area (TPSA) is 58.6 Å². The molecule has 0 heterocycles. The minimum atomic E-state index is -0.167. The Labute approximate surface area is 114 Å². The number of aliphatic hydroxyl groups excluding tert-OH is 1. The number of hydrogen-bond acceptors (Lipinski definition) is 3. The number of nitrogens with one attached hydrogen (secondary N) is 1. The van der Waals surface area contributed by atoms with Crippen LogP contribution in [0.25, 0.3) is 0 Å². The Morgan fingerprint density at radius 3 is 2.63 bits per heavy atom. The van der Waals surface area contributed by atoms with Crippen LogP contribution in [0.5, 0.6) is 5.75 Å². The molecular formula is C15H23NO3. The van der Waals surface area contributed by atoms with Crippen molar-refractivity contribution in [1.82, 2.24) is 5.32 Å². The van der Waals surface area contributed by atoms with Gasteiger partial charge in [0.1, 0.15) is 5.75 Å². The molecule has 0 bridgehead atoms. The third kappa shape index (κ3) is 5.30. The number of carbonyl (C=O) groups is 1. The fraction of sp³-hybridized carbons (Fsp3) is 0.533. The highest BCUT2D eigenvalue weighted by atomic mass is 16.5. The molecule has 0 saturated heterocycles. The Morgan fingerprint density at radius 2 is 2.00 bits per heavy atom. The number of carbonyl (C=O) groups excluding carboxylic acids is 1. The van der Waals surface area contributed by atoms with E-state index in [0.29, 0.717) is 12.3 Å². The van der Waals surface area contributed by atoms with Gasteiger partial charge in [-0.15, -0.1) is 0 Å². The number of ether oxygens (including phenoxy) is 1. The zero-order valence-corrected chi connectivity index (χ0v) is 11.8. The molecule has 0 radical (unpaired) electrons. The summed E-state index contributed by atoms with van der Waals surface area (Å²) < 4.78 is 5.56. The lowest BCUT2D eigenvalue weighted by Gasteiger charge is -2.15. The van der Waals surface area contributed by atoms with E-state index in [1.165, 1.54) is 0 Å². The molecule has 0 fully saturated rings. The first kappa shape index (κ1) is 15.5. The summed E-state index contributed by atoms with van der Waals surface area (Å²) in [6.07, 6.45) is 0.550. The first-order valence-corrected chi connectivity index (χ1v) is 6.66. The predicted molar refractivity (Wildman–Crippen MR) is 75.3 cm³/mol. The van der Waals surface area contributed by atoms with Gasteiger partial charge in [-0.1, -0.05) is 32.0 Å². The molecule has 0 spiro atoms. The van der Waals surface area contributed by atoms with E-state index in [9.17, 15) is 4.79 Å². The summed E-state index contributed by atoms with van der Waals surface area (Å²) in [7, 11) is 0. The molecule has 1 amide bonds. The lowest BCUT2D eigenvalue weighted by Crippen LogP contribution is -2.36. The molecule has 1 unspecified atom stereocenters. The molecule has 0 aliphatic carbocycles. The van der Waals surface area contributed by atoms with Gasteiger partial charge in [-0.05, 0) is 30.9 Å². The van der Waals surface area contributed by atoms with Crippen molar-refractivity contribution in [3.05, 3.63) is 29.8 Å². The van der Waals surface area contributed by atoms with E-state index in [0.717, 1.165) is 11.3 Å². The van der Waals surface area contributed by atoms with Crippen molar-refractivity contribution in [3.8, 4) is 5.75 Å². The maximum absolute atomic E-state index is 11.7. The van der Waals surface area contributed by atoms with Crippen molar-refractivity contribution in [1.29, 1.82) is 0 Å². The van der Waals surface area contributed by atoms with Crippen molar-refractivity contribution in [2.24, 2.45) is 0 Å². The van der Waals surface area contributed by atoms with E-state index >= 15 is 0 Å². The first-order valence-electron chi connectivity index (χ1n) is 6.66. The first-order chi connectivity index (χ1) is 9.04. The summed E-state index contributed by atoms with van der Waals surface area (Å²) in [6.45, 7) is 6.10. The second-order valence-electron chi connectivity index (χ2n) is 4.96. The average Bonchev–Trinajstić information content (AvgIpc) is 2.36. The number of aliphatic hydroxyl groups is 1. The summed E-state index contributed by atoms with van der Waals surface area (Å²) >= 11 is 0. The second kappa shape index (κ2) is 7.79. The molecule has 0 saturated carbocycles. The predicted octanol–water partition coefficient (Wildman–Crippen LogP) is 2.08. The molecule has 0 aliphatic heterocycles. The largest absolute Gasteiger partial charge is 0.483 e. The molecule has 1 aromatic carbocycles. The quantitative estimate of drug-likeness (QED) is 0.793. The maximum atomic E-state index is 11.7. The Bertz CT molecular complexity index is 404. The van der Waals surface area contributed by atoms with Crippen LogP contribution in [0.1, 0.15) is 38.7 Å². The molecular weight excluding hydrogens is 242 g/mol. The van der Waals surface area contributed by atoms with Crippen LogP contribution < -0.4 is 10.1 Å². The van der Waals surface area contributed by atoms with Crippen molar-refractivity contribution in [3.63, 3.8) is 0 Å². The fourth-order valence-corrected chi connectivity index (χ4v) is 1.81. The summed E-state index contributed by atoms with van der Waals surface area (Å²) in [5.41, 5.74) is 1.10. The minimum Gasteiger partial charge on any atom is -0.483 e. The molecule has 1 rings (SSSR count). The number of rotatable bonds is 7. The van der Waals surface area contributed by atoms with Crippen LogP contribution in [-0.4, -0.2) is 30.3 Å². The second-order valence-corrected chi connectivity index (χ2v) is 4.96.